The van der Waals surface area contributed by atoms with Crippen LogP contribution in [0, 0.1) is 0 Å². The molecule has 10 heavy (non-hydrogen) atoms. The molecule has 2 atom stereocenters. The molecule has 1 aliphatic rings. The van der Waals surface area contributed by atoms with E-state index in [0.717, 1.165) is 0 Å². The normalized spacial score (nSPS) is 38.5. The average Bonchev–Trinajstić information content (AvgIpc) is 1.96. The maximum Gasteiger partial charge on any atom is 0.103 e. The van der Waals surface area contributed by atoms with Gasteiger partial charge in [-0.15, -0.1) is 11.6 Å². The van der Waals surface area contributed by atoms with Crippen molar-refractivity contribution in [1.29, 1.82) is 0 Å². The lowest BCUT2D eigenvalue weighted by molar-refractivity contribution is 0.0923. The van der Waals surface area contributed by atoms with Crippen molar-refractivity contribution >= 4 is 11.6 Å². The van der Waals surface area contributed by atoms with E-state index in [9.17, 15) is 5.11 Å². The molecule has 56 valence electrons. The molecule has 0 heterocycles. The molecular formula is C8H11ClO. The molecule has 0 radical (unpaired) electrons. The first-order valence-electron chi connectivity index (χ1n) is 3.41. The summed E-state index contributed by atoms with van der Waals surface area (Å²) < 4.78 is 0. The van der Waals surface area contributed by atoms with Crippen LogP contribution in [0.2, 0.25) is 0 Å². The molecular weight excluding hydrogens is 148 g/mol. The minimum atomic E-state index is -0.823. The van der Waals surface area contributed by atoms with Crippen LogP contribution >= 0.6 is 11.6 Å². The van der Waals surface area contributed by atoms with Gasteiger partial charge in [0.2, 0.25) is 0 Å². The van der Waals surface area contributed by atoms with Crippen LogP contribution < -0.4 is 0 Å². The van der Waals surface area contributed by atoms with Crippen molar-refractivity contribution in [3.63, 3.8) is 0 Å². The minimum Gasteiger partial charge on any atom is -0.384 e. The Morgan fingerprint density at radius 3 is 2.70 bits per heavy atom. The highest BCUT2D eigenvalue weighted by Crippen LogP contribution is 2.25. The average molecular weight is 159 g/mol. The van der Waals surface area contributed by atoms with Gasteiger partial charge in [0.25, 0.3) is 0 Å². The summed E-state index contributed by atoms with van der Waals surface area (Å²) in [5.74, 6) is 0. The van der Waals surface area contributed by atoms with Crippen LogP contribution in [-0.2, 0) is 0 Å². The second-order valence-electron chi connectivity index (χ2n) is 2.49. The molecule has 0 amide bonds. The van der Waals surface area contributed by atoms with Crippen LogP contribution in [-0.4, -0.2) is 16.1 Å². The Morgan fingerprint density at radius 2 is 2.30 bits per heavy atom. The van der Waals surface area contributed by atoms with Crippen molar-refractivity contribution in [2.24, 2.45) is 0 Å². The number of allylic oxidation sites excluding steroid dienone is 2. The molecule has 0 aliphatic heterocycles. The van der Waals surface area contributed by atoms with Crippen molar-refractivity contribution in [2.45, 2.75) is 24.3 Å². The van der Waals surface area contributed by atoms with Crippen molar-refractivity contribution in [2.75, 3.05) is 0 Å². The fourth-order valence-electron chi connectivity index (χ4n) is 0.955. The van der Waals surface area contributed by atoms with E-state index in [1.165, 1.54) is 0 Å². The SMILES string of the molecule is CCC1(O)C=CC=CC1Cl. The zero-order valence-corrected chi connectivity index (χ0v) is 6.67. The van der Waals surface area contributed by atoms with Crippen LogP contribution in [0.4, 0.5) is 0 Å². The van der Waals surface area contributed by atoms with Gasteiger partial charge in [0.05, 0.1) is 5.38 Å². The zero-order chi connectivity index (χ0) is 7.61. The third-order valence-electron chi connectivity index (χ3n) is 1.82. The summed E-state index contributed by atoms with van der Waals surface area (Å²) in [6, 6.07) is 0. The smallest absolute Gasteiger partial charge is 0.103 e. The molecule has 1 nitrogen and oxygen atoms in total. The molecule has 0 saturated heterocycles. The molecule has 0 aromatic carbocycles. The van der Waals surface area contributed by atoms with E-state index in [0.29, 0.717) is 6.42 Å². The fraction of sp³-hybridized carbons (Fsp3) is 0.500. The molecule has 0 saturated carbocycles. The lowest BCUT2D eigenvalue weighted by atomic mass is 9.92. The Labute approximate surface area is 66.0 Å². The summed E-state index contributed by atoms with van der Waals surface area (Å²) in [6.07, 6.45) is 7.86. The van der Waals surface area contributed by atoms with Crippen LogP contribution in [0.5, 0.6) is 0 Å². The first-order valence-corrected chi connectivity index (χ1v) is 3.85. The number of rotatable bonds is 1. The Balaban J connectivity index is 2.77. The molecule has 0 fully saturated rings. The predicted molar refractivity (Wildman–Crippen MR) is 43.2 cm³/mol. The monoisotopic (exact) mass is 158 g/mol. The van der Waals surface area contributed by atoms with Crippen molar-refractivity contribution in [3.05, 3.63) is 24.3 Å². The maximum absolute atomic E-state index is 9.68. The summed E-state index contributed by atoms with van der Waals surface area (Å²) in [4.78, 5) is 0. The molecule has 2 heteroatoms. The highest BCUT2D eigenvalue weighted by Gasteiger charge is 2.29. The number of hydrogen-bond donors (Lipinski definition) is 1. The molecule has 2 unspecified atom stereocenters. The van der Waals surface area contributed by atoms with Gasteiger partial charge in [0.15, 0.2) is 0 Å². The largest absolute Gasteiger partial charge is 0.384 e. The van der Waals surface area contributed by atoms with Gasteiger partial charge in [0.1, 0.15) is 5.60 Å². The standard InChI is InChI=1S/C8H11ClO/c1-2-8(10)6-4-3-5-7(8)9/h3-7,10H,2H2,1H3. The second kappa shape index (κ2) is 2.77. The van der Waals surface area contributed by atoms with E-state index >= 15 is 0 Å². The number of halogens is 1. The van der Waals surface area contributed by atoms with Crippen molar-refractivity contribution in [1.82, 2.24) is 0 Å². The fourth-order valence-corrected chi connectivity index (χ4v) is 1.27. The molecule has 0 aromatic rings. The van der Waals surface area contributed by atoms with E-state index in [4.69, 9.17) is 11.6 Å². The first-order chi connectivity index (χ1) is 4.69. The lowest BCUT2D eigenvalue weighted by Crippen LogP contribution is -2.35. The van der Waals surface area contributed by atoms with Gasteiger partial charge in [0, 0.05) is 0 Å². The summed E-state index contributed by atoms with van der Waals surface area (Å²) in [6.45, 7) is 1.92. The maximum atomic E-state index is 9.68. The van der Waals surface area contributed by atoms with Gasteiger partial charge in [-0.1, -0.05) is 31.2 Å². The number of alkyl halides is 1. The van der Waals surface area contributed by atoms with Gasteiger partial charge in [-0.25, -0.2) is 0 Å². The predicted octanol–water partition coefficient (Wildman–Crippen LogP) is 1.86. The quantitative estimate of drug-likeness (QED) is 0.578. The van der Waals surface area contributed by atoms with E-state index in [-0.39, 0.29) is 5.38 Å². The zero-order valence-electron chi connectivity index (χ0n) is 5.92. The Kier molecular flexibility index (Phi) is 2.17. The van der Waals surface area contributed by atoms with E-state index in [2.05, 4.69) is 0 Å². The topological polar surface area (TPSA) is 20.2 Å². The summed E-state index contributed by atoms with van der Waals surface area (Å²) in [7, 11) is 0. The number of hydrogen-bond acceptors (Lipinski definition) is 1. The van der Waals surface area contributed by atoms with E-state index < -0.39 is 5.60 Å². The van der Waals surface area contributed by atoms with E-state index in [1.54, 1.807) is 12.2 Å². The molecule has 1 N–H and O–H groups in total. The second-order valence-corrected chi connectivity index (χ2v) is 2.96. The molecule has 0 aromatic heterocycles. The minimum absolute atomic E-state index is 0.275. The van der Waals surface area contributed by atoms with Gasteiger partial charge in [-0.2, -0.15) is 0 Å². The van der Waals surface area contributed by atoms with Gasteiger partial charge < -0.3 is 5.11 Å². The Morgan fingerprint density at radius 1 is 1.60 bits per heavy atom. The Hall–Kier alpha value is -0.270. The lowest BCUT2D eigenvalue weighted by Gasteiger charge is -2.27. The van der Waals surface area contributed by atoms with E-state index in [1.807, 2.05) is 19.1 Å². The molecule has 1 aliphatic carbocycles. The number of aliphatic hydroxyl groups is 1. The summed E-state index contributed by atoms with van der Waals surface area (Å²) >= 11 is 5.84. The van der Waals surface area contributed by atoms with Crippen LogP contribution in [0.25, 0.3) is 0 Å². The van der Waals surface area contributed by atoms with Gasteiger partial charge >= 0.3 is 0 Å². The third kappa shape index (κ3) is 1.25. The third-order valence-corrected chi connectivity index (χ3v) is 2.34. The van der Waals surface area contributed by atoms with Crippen molar-refractivity contribution in [3.8, 4) is 0 Å². The van der Waals surface area contributed by atoms with Gasteiger partial charge in [-0.05, 0) is 6.42 Å². The molecule has 1 rings (SSSR count). The first kappa shape index (κ1) is 7.83. The Bertz CT molecular complexity index is 174. The van der Waals surface area contributed by atoms with Crippen molar-refractivity contribution < 1.29 is 5.11 Å². The summed E-state index contributed by atoms with van der Waals surface area (Å²) in [5, 5.41) is 9.40. The molecule has 0 bridgehead atoms. The summed E-state index contributed by atoms with van der Waals surface area (Å²) in [5.41, 5.74) is -0.823. The van der Waals surface area contributed by atoms with Crippen LogP contribution in [0.15, 0.2) is 24.3 Å². The van der Waals surface area contributed by atoms with Crippen LogP contribution in [0.3, 0.4) is 0 Å². The van der Waals surface area contributed by atoms with Gasteiger partial charge in [-0.3, -0.25) is 0 Å². The van der Waals surface area contributed by atoms with Crippen LogP contribution in [0.1, 0.15) is 13.3 Å². The molecule has 0 spiro atoms. The highest BCUT2D eigenvalue weighted by molar-refractivity contribution is 6.22. The highest BCUT2D eigenvalue weighted by atomic mass is 35.5.